The van der Waals surface area contributed by atoms with E-state index in [1.54, 1.807) is 24.3 Å². The van der Waals surface area contributed by atoms with Crippen molar-refractivity contribution in [2.75, 3.05) is 11.9 Å². The Labute approximate surface area is 140 Å². The Bertz CT molecular complexity index is 674. The number of anilines is 1. The number of amides is 3. The van der Waals surface area contributed by atoms with Crippen molar-refractivity contribution < 1.29 is 14.0 Å². The molecule has 0 aliphatic rings. The first-order valence-corrected chi connectivity index (χ1v) is 7.69. The molecule has 2 aromatic rings. The zero-order chi connectivity index (χ0) is 17.4. The molecule has 0 aliphatic heterocycles. The third-order valence-electron chi connectivity index (χ3n) is 3.42. The second-order valence-corrected chi connectivity index (χ2v) is 5.34. The van der Waals surface area contributed by atoms with Crippen molar-refractivity contribution in [2.45, 2.75) is 19.4 Å². The Kier molecular flexibility index (Phi) is 6.31. The molecule has 2 aromatic carbocycles. The van der Waals surface area contributed by atoms with Gasteiger partial charge in [-0.05, 0) is 36.8 Å². The van der Waals surface area contributed by atoms with Crippen LogP contribution in [0.5, 0.6) is 0 Å². The zero-order valence-corrected chi connectivity index (χ0v) is 13.4. The maximum absolute atomic E-state index is 12.9. The van der Waals surface area contributed by atoms with E-state index in [0.717, 1.165) is 5.56 Å². The van der Waals surface area contributed by atoms with Crippen LogP contribution in [0.2, 0.25) is 0 Å². The van der Waals surface area contributed by atoms with Gasteiger partial charge < -0.3 is 16.0 Å². The molecule has 2 rings (SSSR count). The predicted octanol–water partition coefficient (Wildman–Crippen LogP) is 3.21. The van der Waals surface area contributed by atoms with Gasteiger partial charge in [0.2, 0.25) is 5.91 Å². The third-order valence-corrected chi connectivity index (χ3v) is 3.42. The SMILES string of the molecule is C[C@@H](NC(=O)CCNC(=O)Nc1ccccc1)c1ccc(F)cc1. The number of hydrogen-bond acceptors (Lipinski definition) is 2. The Morgan fingerprint density at radius 2 is 1.71 bits per heavy atom. The molecular formula is C18H20FN3O2. The summed E-state index contributed by atoms with van der Waals surface area (Å²) in [6, 6.07) is 14.4. The Balaban J connectivity index is 1.69. The lowest BCUT2D eigenvalue weighted by molar-refractivity contribution is -0.121. The zero-order valence-electron chi connectivity index (χ0n) is 13.4. The number of halogens is 1. The average molecular weight is 329 g/mol. The van der Waals surface area contributed by atoms with E-state index >= 15 is 0 Å². The molecule has 3 amide bonds. The molecule has 3 N–H and O–H groups in total. The van der Waals surface area contributed by atoms with Gasteiger partial charge in [-0.1, -0.05) is 30.3 Å². The molecule has 0 saturated carbocycles. The van der Waals surface area contributed by atoms with Gasteiger partial charge in [0.05, 0.1) is 6.04 Å². The van der Waals surface area contributed by atoms with Crippen molar-refractivity contribution in [2.24, 2.45) is 0 Å². The minimum Gasteiger partial charge on any atom is -0.350 e. The first kappa shape index (κ1) is 17.5. The molecule has 5 nitrogen and oxygen atoms in total. The van der Waals surface area contributed by atoms with Crippen molar-refractivity contribution in [3.8, 4) is 0 Å². The molecule has 1 atom stereocenters. The quantitative estimate of drug-likeness (QED) is 0.761. The maximum Gasteiger partial charge on any atom is 0.319 e. The van der Waals surface area contributed by atoms with Gasteiger partial charge in [-0.15, -0.1) is 0 Å². The van der Waals surface area contributed by atoms with Gasteiger partial charge in [0.15, 0.2) is 0 Å². The van der Waals surface area contributed by atoms with Gasteiger partial charge >= 0.3 is 6.03 Å². The van der Waals surface area contributed by atoms with E-state index in [2.05, 4.69) is 16.0 Å². The van der Waals surface area contributed by atoms with E-state index in [0.29, 0.717) is 5.69 Å². The smallest absolute Gasteiger partial charge is 0.319 e. The van der Waals surface area contributed by atoms with Crippen LogP contribution < -0.4 is 16.0 Å². The number of para-hydroxylation sites is 1. The highest BCUT2D eigenvalue weighted by atomic mass is 19.1. The average Bonchev–Trinajstić information content (AvgIpc) is 2.56. The molecule has 0 bridgehead atoms. The van der Waals surface area contributed by atoms with Crippen molar-refractivity contribution in [3.05, 3.63) is 66.0 Å². The molecule has 0 fully saturated rings. The predicted molar refractivity (Wildman–Crippen MR) is 91.0 cm³/mol. The summed E-state index contributed by atoms with van der Waals surface area (Å²) in [5, 5.41) is 8.10. The molecule has 0 heterocycles. The normalized spacial score (nSPS) is 11.4. The molecule has 0 unspecified atom stereocenters. The van der Waals surface area contributed by atoms with Crippen molar-refractivity contribution in [1.82, 2.24) is 10.6 Å². The summed E-state index contributed by atoms with van der Waals surface area (Å²) in [5.74, 6) is -0.502. The molecule has 0 saturated heterocycles. The fraction of sp³-hybridized carbons (Fsp3) is 0.222. The molecule has 126 valence electrons. The maximum atomic E-state index is 12.9. The highest BCUT2D eigenvalue weighted by Crippen LogP contribution is 2.12. The van der Waals surface area contributed by atoms with E-state index < -0.39 is 0 Å². The summed E-state index contributed by atoms with van der Waals surface area (Å²) in [6.07, 6.45) is 0.160. The van der Waals surface area contributed by atoms with Gasteiger partial charge in [0.1, 0.15) is 5.82 Å². The lowest BCUT2D eigenvalue weighted by atomic mass is 10.1. The minimum atomic E-state index is -0.361. The number of hydrogen-bond donors (Lipinski definition) is 3. The third kappa shape index (κ3) is 5.72. The van der Waals surface area contributed by atoms with Crippen molar-refractivity contribution in [1.29, 1.82) is 0 Å². The van der Waals surface area contributed by atoms with Gasteiger partial charge in [0.25, 0.3) is 0 Å². The summed E-state index contributed by atoms with van der Waals surface area (Å²) in [6.45, 7) is 2.04. The lowest BCUT2D eigenvalue weighted by Gasteiger charge is -2.14. The van der Waals surface area contributed by atoms with Crippen molar-refractivity contribution in [3.63, 3.8) is 0 Å². The Hall–Kier alpha value is -2.89. The summed E-state index contributed by atoms with van der Waals surface area (Å²) in [4.78, 5) is 23.6. The topological polar surface area (TPSA) is 70.2 Å². The van der Waals surface area contributed by atoms with Crippen LogP contribution in [0, 0.1) is 5.82 Å². The number of nitrogens with one attached hydrogen (secondary N) is 3. The number of urea groups is 1. The second-order valence-electron chi connectivity index (χ2n) is 5.34. The van der Waals surface area contributed by atoms with Gasteiger partial charge in [-0.3, -0.25) is 4.79 Å². The minimum absolute atomic E-state index is 0.160. The second kappa shape index (κ2) is 8.67. The van der Waals surface area contributed by atoms with E-state index in [1.807, 2.05) is 25.1 Å². The van der Waals surface area contributed by atoms with Gasteiger partial charge in [-0.25, -0.2) is 9.18 Å². The Morgan fingerprint density at radius 3 is 2.38 bits per heavy atom. The molecular weight excluding hydrogens is 309 g/mol. The summed E-state index contributed by atoms with van der Waals surface area (Å²) in [7, 11) is 0. The standard InChI is InChI=1S/C18H20FN3O2/c1-13(14-7-9-15(19)10-8-14)21-17(23)11-12-20-18(24)22-16-5-3-2-4-6-16/h2-10,13H,11-12H2,1H3,(H,21,23)(H2,20,22,24)/t13-/m1/s1. The number of rotatable bonds is 6. The van der Waals surface area contributed by atoms with Crippen LogP contribution in [-0.2, 0) is 4.79 Å². The van der Waals surface area contributed by atoms with Crippen LogP contribution in [0.1, 0.15) is 24.9 Å². The fourth-order valence-electron chi connectivity index (χ4n) is 2.13. The number of benzene rings is 2. The van der Waals surface area contributed by atoms with Gasteiger partial charge in [0, 0.05) is 18.7 Å². The first-order chi connectivity index (χ1) is 11.5. The molecule has 0 spiro atoms. The van der Waals surface area contributed by atoms with E-state index in [4.69, 9.17) is 0 Å². The number of carbonyl (C=O) groups excluding carboxylic acids is 2. The van der Waals surface area contributed by atoms with Crippen LogP contribution in [0.3, 0.4) is 0 Å². The van der Waals surface area contributed by atoms with E-state index in [-0.39, 0.29) is 36.8 Å². The summed E-state index contributed by atoms with van der Waals surface area (Å²) < 4.78 is 12.9. The molecule has 0 aliphatic carbocycles. The highest BCUT2D eigenvalue weighted by Gasteiger charge is 2.10. The summed E-state index contributed by atoms with van der Waals surface area (Å²) in [5.41, 5.74) is 1.50. The van der Waals surface area contributed by atoms with E-state index in [9.17, 15) is 14.0 Å². The highest BCUT2D eigenvalue weighted by molar-refractivity contribution is 5.89. The molecule has 0 radical (unpaired) electrons. The molecule has 0 aromatic heterocycles. The lowest BCUT2D eigenvalue weighted by Crippen LogP contribution is -2.34. The molecule has 6 heteroatoms. The summed E-state index contributed by atoms with van der Waals surface area (Å²) >= 11 is 0. The van der Waals surface area contributed by atoms with Crippen LogP contribution in [0.15, 0.2) is 54.6 Å². The van der Waals surface area contributed by atoms with Crippen molar-refractivity contribution >= 4 is 17.6 Å². The van der Waals surface area contributed by atoms with Crippen LogP contribution in [-0.4, -0.2) is 18.5 Å². The first-order valence-electron chi connectivity index (χ1n) is 7.69. The Morgan fingerprint density at radius 1 is 1.04 bits per heavy atom. The number of carbonyl (C=O) groups is 2. The van der Waals surface area contributed by atoms with Crippen LogP contribution in [0.25, 0.3) is 0 Å². The fourth-order valence-corrected chi connectivity index (χ4v) is 2.13. The van der Waals surface area contributed by atoms with Crippen LogP contribution >= 0.6 is 0 Å². The van der Waals surface area contributed by atoms with Gasteiger partial charge in [-0.2, -0.15) is 0 Å². The van der Waals surface area contributed by atoms with Crippen LogP contribution in [0.4, 0.5) is 14.9 Å². The molecule has 24 heavy (non-hydrogen) atoms. The largest absolute Gasteiger partial charge is 0.350 e. The monoisotopic (exact) mass is 329 g/mol. The van der Waals surface area contributed by atoms with E-state index in [1.165, 1.54) is 12.1 Å².